The number of anilines is 3. The smallest absolute Gasteiger partial charge is 0.0603 e. The molecule has 0 radical (unpaired) electrons. The number of nitrogens with zero attached hydrogens (tertiary/aromatic N) is 2. The van der Waals surface area contributed by atoms with E-state index in [1.54, 1.807) is 0 Å². The highest BCUT2D eigenvalue weighted by Crippen LogP contribution is 2.26. The van der Waals surface area contributed by atoms with Crippen LogP contribution in [0, 0.1) is 13.8 Å². The molecule has 0 saturated carbocycles. The quantitative estimate of drug-likeness (QED) is 0.858. The fourth-order valence-electron chi connectivity index (χ4n) is 2.96. The summed E-state index contributed by atoms with van der Waals surface area (Å²) in [4.78, 5) is 4.85. The van der Waals surface area contributed by atoms with E-state index in [1.807, 2.05) is 6.07 Å². The van der Waals surface area contributed by atoms with Crippen LogP contribution in [0.5, 0.6) is 0 Å². The zero-order valence-electron chi connectivity index (χ0n) is 12.8. The van der Waals surface area contributed by atoms with Crippen LogP contribution in [0.15, 0.2) is 42.5 Å². The zero-order valence-corrected chi connectivity index (χ0v) is 12.8. The second-order valence-electron chi connectivity index (χ2n) is 5.88. The lowest BCUT2D eigenvalue weighted by atomic mass is 10.1. The minimum absolute atomic E-state index is 0.879. The minimum atomic E-state index is 0.879. The zero-order chi connectivity index (χ0) is 14.8. The van der Waals surface area contributed by atoms with Crippen molar-refractivity contribution in [1.82, 2.24) is 0 Å². The van der Waals surface area contributed by atoms with Gasteiger partial charge in [0.05, 0.1) is 11.4 Å². The van der Waals surface area contributed by atoms with Gasteiger partial charge in [-0.3, -0.25) is 0 Å². The number of hydrogen-bond donors (Lipinski definition) is 1. The van der Waals surface area contributed by atoms with Crippen molar-refractivity contribution in [1.29, 1.82) is 0 Å². The Kier molecular flexibility index (Phi) is 3.74. The lowest BCUT2D eigenvalue weighted by Crippen LogP contribution is -2.46. The molecule has 3 nitrogen and oxygen atoms in total. The van der Waals surface area contributed by atoms with E-state index in [1.165, 1.54) is 22.5 Å². The molecule has 0 bridgehead atoms. The van der Waals surface area contributed by atoms with E-state index < -0.39 is 0 Å². The van der Waals surface area contributed by atoms with Gasteiger partial charge in [-0.2, -0.15) is 0 Å². The third-order valence-corrected chi connectivity index (χ3v) is 4.17. The van der Waals surface area contributed by atoms with Crippen LogP contribution in [-0.2, 0) is 0 Å². The number of rotatable bonds is 2. The largest absolute Gasteiger partial charge is 0.397 e. The predicted molar refractivity (Wildman–Crippen MR) is 91.2 cm³/mol. The van der Waals surface area contributed by atoms with Crippen molar-refractivity contribution >= 4 is 17.1 Å². The van der Waals surface area contributed by atoms with Crippen molar-refractivity contribution in [3.05, 3.63) is 53.6 Å². The normalized spacial score (nSPS) is 15.3. The maximum absolute atomic E-state index is 6.13. The highest BCUT2D eigenvalue weighted by molar-refractivity contribution is 5.69. The number of nitrogens with two attached hydrogens (primary N) is 1. The van der Waals surface area contributed by atoms with E-state index in [0.29, 0.717) is 0 Å². The maximum Gasteiger partial charge on any atom is 0.0603 e. The lowest BCUT2D eigenvalue weighted by molar-refractivity contribution is 0.654. The Morgan fingerprint density at radius 2 is 1.48 bits per heavy atom. The van der Waals surface area contributed by atoms with Gasteiger partial charge < -0.3 is 15.5 Å². The summed E-state index contributed by atoms with van der Waals surface area (Å²) in [6.07, 6.45) is 0. The summed E-state index contributed by atoms with van der Waals surface area (Å²) in [7, 11) is 0. The van der Waals surface area contributed by atoms with Gasteiger partial charge in [-0.25, -0.2) is 0 Å². The minimum Gasteiger partial charge on any atom is -0.397 e. The van der Waals surface area contributed by atoms with Gasteiger partial charge in [0.25, 0.3) is 0 Å². The molecule has 1 aliphatic rings. The summed E-state index contributed by atoms with van der Waals surface area (Å²) in [5.41, 5.74) is 12.1. The van der Waals surface area contributed by atoms with Crippen molar-refractivity contribution in [2.24, 2.45) is 0 Å². The van der Waals surface area contributed by atoms with Gasteiger partial charge in [0.2, 0.25) is 0 Å². The number of aryl methyl sites for hydroxylation is 2. The Hall–Kier alpha value is -2.16. The second kappa shape index (κ2) is 5.68. The fourth-order valence-corrected chi connectivity index (χ4v) is 2.96. The third-order valence-electron chi connectivity index (χ3n) is 4.17. The molecule has 3 rings (SSSR count). The molecule has 0 unspecified atom stereocenters. The summed E-state index contributed by atoms with van der Waals surface area (Å²) in [6, 6.07) is 15.0. The SMILES string of the molecule is Cc1cccc(N2CCN(c3cc(C)ccc3N)CC2)c1. The monoisotopic (exact) mass is 281 g/mol. The Bertz CT molecular complexity index is 628. The second-order valence-corrected chi connectivity index (χ2v) is 5.88. The molecule has 2 aromatic rings. The van der Waals surface area contributed by atoms with Crippen molar-refractivity contribution in [3.63, 3.8) is 0 Å². The fraction of sp³-hybridized carbons (Fsp3) is 0.333. The van der Waals surface area contributed by atoms with Gasteiger partial charge >= 0.3 is 0 Å². The first-order valence-corrected chi connectivity index (χ1v) is 7.56. The summed E-state index contributed by atoms with van der Waals surface area (Å²) in [6.45, 7) is 8.37. The highest BCUT2D eigenvalue weighted by atomic mass is 15.3. The van der Waals surface area contributed by atoms with Crippen LogP contribution in [0.2, 0.25) is 0 Å². The van der Waals surface area contributed by atoms with E-state index in [0.717, 1.165) is 31.9 Å². The molecule has 110 valence electrons. The molecule has 0 aromatic heterocycles. The molecule has 0 amide bonds. The molecular weight excluding hydrogens is 258 g/mol. The maximum atomic E-state index is 6.13. The Balaban J connectivity index is 1.72. The van der Waals surface area contributed by atoms with Gasteiger partial charge in [-0.1, -0.05) is 18.2 Å². The van der Waals surface area contributed by atoms with Crippen LogP contribution in [0.3, 0.4) is 0 Å². The van der Waals surface area contributed by atoms with Crippen molar-refractivity contribution in [3.8, 4) is 0 Å². The first-order chi connectivity index (χ1) is 10.1. The van der Waals surface area contributed by atoms with Gasteiger partial charge in [0.15, 0.2) is 0 Å². The molecule has 3 heteroatoms. The summed E-state index contributed by atoms with van der Waals surface area (Å²) >= 11 is 0. The first-order valence-electron chi connectivity index (χ1n) is 7.56. The molecule has 1 heterocycles. The number of nitrogen functional groups attached to an aromatic ring is 1. The first kappa shape index (κ1) is 13.8. The highest BCUT2D eigenvalue weighted by Gasteiger charge is 2.19. The summed E-state index contributed by atoms with van der Waals surface area (Å²) < 4.78 is 0. The predicted octanol–water partition coefficient (Wildman–Crippen LogP) is 3.21. The van der Waals surface area contributed by atoms with E-state index in [4.69, 9.17) is 5.73 Å². The molecule has 21 heavy (non-hydrogen) atoms. The van der Waals surface area contributed by atoms with Crippen LogP contribution >= 0.6 is 0 Å². The molecule has 0 atom stereocenters. The van der Waals surface area contributed by atoms with E-state index in [-0.39, 0.29) is 0 Å². The van der Waals surface area contributed by atoms with Gasteiger partial charge in [-0.05, 0) is 49.2 Å². The van der Waals surface area contributed by atoms with E-state index in [9.17, 15) is 0 Å². The molecule has 1 saturated heterocycles. The molecular formula is C18H23N3. The molecule has 2 N–H and O–H groups in total. The number of hydrogen-bond acceptors (Lipinski definition) is 3. The molecule has 0 aliphatic carbocycles. The average Bonchev–Trinajstić information content (AvgIpc) is 2.50. The van der Waals surface area contributed by atoms with Gasteiger partial charge in [0, 0.05) is 31.9 Å². The number of piperazine rings is 1. The van der Waals surface area contributed by atoms with Crippen molar-refractivity contribution in [2.75, 3.05) is 41.7 Å². The van der Waals surface area contributed by atoms with Crippen molar-refractivity contribution in [2.45, 2.75) is 13.8 Å². The van der Waals surface area contributed by atoms with Crippen LogP contribution < -0.4 is 15.5 Å². The van der Waals surface area contributed by atoms with Crippen LogP contribution in [0.1, 0.15) is 11.1 Å². The van der Waals surface area contributed by atoms with Crippen molar-refractivity contribution < 1.29 is 0 Å². The summed E-state index contributed by atoms with van der Waals surface area (Å²) in [5.74, 6) is 0. The molecule has 0 spiro atoms. The lowest BCUT2D eigenvalue weighted by Gasteiger charge is -2.38. The molecule has 2 aromatic carbocycles. The Morgan fingerprint density at radius 1 is 0.810 bits per heavy atom. The molecule has 1 aliphatic heterocycles. The van der Waals surface area contributed by atoms with E-state index in [2.05, 4.69) is 60.0 Å². The topological polar surface area (TPSA) is 32.5 Å². The summed E-state index contributed by atoms with van der Waals surface area (Å²) in [5, 5.41) is 0. The molecule has 1 fully saturated rings. The van der Waals surface area contributed by atoms with Gasteiger partial charge in [-0.15, -0.1) is 0 Å². The van der Waals surface area contributed by atoms with Crippen LogP contribution in [0.4, 0.5) is 17.1 Å². The van der Waals surface area contributed by atoms with Gasteiger partial charge in [0.1, 0.15) is 0 Å². The van der Waals surface area contributed by atoms with E-state index >= 15 is 0 Å². The Morgan fingerprint density at radius 3 is 2.19 bits per heavy atom. The van der Waals surface area contributed by atoms with Crippen LogP contribution in [-0.4, -0.2) is 26.2 Å². The Labute approximate surface area is 127 Å². The number of benzene rings is 2. The standard InChI is InChI=1S/C18H23N3/c1-14-4-3-5-16(12-14)20-8-10-21(11-9-20)18-13-15(2)6-7-17(18)19/h3-7,12-13H,8-11,19H2,1-2H3. The average molecular weight is 281 g/mol. The third kappa shape index (κ3) is 2.97. The van der Waals surface area contributed by atoms with Crippen LogP contribution in [0.25, 0.3) is 0 Å².